The van der Waals surface area contributed by atoms with E-state index in [4.69, 9.17) is 0 Å². The predicted octanol–water partition coefficient (Wildman–Crippen LogP) is -1.85. The summed E-state index contributed by atoms with van der Waals surface area (Å²) in [5, 5.41) is 95.7. The second kappa shape index (κ2) is 14.4. The molecule has 0 aromatic rings. The van der Waals surface area contributed by atoms with E-state index >= 15 is 19.2 Å². The Kier molecular flexibility index (Phi) is 8.77. The van der Waals surface area contributed by atoms with E-state index < -0.39 is 111 Å². The number of amides is 4. The minimum absolute atomic E-state index is 0.126. The van der Waals surface area contributed by atoms with Crippen LogP contribution in [-0.4, -0.2) is 142 Å². The van der Waals surface area contributed by atoms with Crippen molar-refractivity contribution in [2.24, 2.45) is 212 Å². The number of fused-ring (bicyclic) bond motifs is 11. The lowest BCUT2D eigenvalue weighted by atomic mass is 9.43. The summed E-state index contributed by atoms with van der Waals surface area (Å²) in [6.07, 6.45) is 9.44. The molecule has 17 fully saturated rings. The number of carbonyl (C=O) groups is 4. The normalized spacial score (nSPS) is 58.5. The standard InChI is InChI=1S/C58H76N4O12/c63-7-15(8-64)59-53(71)57(54(72)60-16(9-65)10-66)49-31-21-3-1-19-20-2-4-22-28-26(20)35-25(19)27(21)36-40(31)42-33(51(49)57)23-5-6-24-30-29(23)38(42)47-45(36)44(35)46-37(28)41-32(22)50-52(34(24)43(41)39(30)48(46)47)58(50,55(73)61-17(11-67)12-68)56(74)62-18(13-69)14-70/h1,3,15-52,63-70H,2,4-14H2,(H,59,71)(H,60,72)(H,61,73)(H,62,74). The molecule has 0 heterocycles. The van der Waals surface area contributed by atoms with Gasteiger partial charge in [-0.1, -0.05) is 12.2 Å². The van der Waals surface area contributed by atoms with Gasteiger partial charge in [0, 0.05) is 0 Å². The van der Waals surface area contributed by atoms with Gasteiger partial charge in [-0.15, -0.1) is 0 Å². The summed E-state index contributed by atoms with van der Waals surface area (Å²) in [5.41, 5.74) is -2.95. The van der Waals surface area contributed by atoms with Crippen LogP contribution in [0.25, 0.3) is 0 Å². The molecule has 0 saturated heterocycles. The zero-order chi connectivity index (χ0) is 50.0. The van der Waals surface area contributed by atoms with Crippen LogP contribution in [0.5, 0.6) is 0 Å². The monoisotopic (exact) mass is 1020 g/mol. The van der Waals surface area contributed by atoms with E-state index in [9.17, 15) is 40.9 Å². The minimum Gasteiger partial charge on any atom is -0.394 e. The molecule has 34 unspecified atom stereocenters. The lowest BCUT2D eigenvalue weighted by Gasteiger charge is -2.61. The minimum atomic E-state index is -1.49. The highest BCUT2D eigenvalue weighted by Crippen LogP contribution is 2.97. The Bertz CT molecular complexity index is 2510. The van der Waals surface area contributed by atoms with Crippen molar-refractivity contribution in [3.8, 4) is 0 Å². The van der Waals surface area contributed by atoms with Crippen LogP contribution in [0.1, 0.15) is 25.7 Å². The summed E-state index contributed by atoms with van der Waals surface area (Å²) in [6, 6.07) is -3.73. The van der Waals surface area contributed by atoms with E-state index in [0.29, 0.717) is 148 Å². The fraction of sp³-hybridized carbons (Fsp3) is 0.897. The van der Waals surface area contributed by atoms with Crippen LogP contribution in [0.3, 0.4) is 0 Å². The number of allylic oxidation sites excluding steroid dienone is 2. The fourth-order valence-corrected chi connectivity index (χ4v) is 29.7. The molecule has 17 saturated carbocycles. The summed E-state index contributed by atoms with van der Waals surface area (Å²) in [7, 11) is 0. The maximum absolute atomic E-state index is 15.6. The van der Waals surface area contributed by atoms with Crippen LogP contribution >= 0.6 is 0 Å². The molecular weight excluding hydrogens is 945 g/mol. The molecule has 34 atom stereocenters. The first-order valence-electron chi connectivity index (χ1n) is 29.9. The van der Waals surface area contributed by atoms with Crippen LogP contribution in [0.2, 0.25) is 0 Å². The van der Waals surface area contributed by atoms with Gasteiger partial charge in [-0.3, -0.25) is 19.2 Å². The summed E-state index contributed by atoms with van der Waals surface area (Å²) in [4.78, 5) is 62.5. The molecule has 12 N–H and O–H groups in total. The average Bonchev–Trinajstić information content (AvgIpc) is 3.75. The number of nitrogens with one attached hydrogen (secondary N) is 4. The first-order valence-corrected chi connectivity index (χ1v) is 29.9. The van der Waals surface area contributed by atoms with Crippen LogP contribution < -0.4 is 21.3 Å². The van der Waals surface area contributed by atoms with E-state index in [1.807, 2.05) is 0 Å². The molecule has 74 heavy (non-hydrogen) atoms. The summed E-state index contributed by atoms with van der Waals surface area (Å²) < 4.78 is 0. The zero-order valence-electron chi connectivity index (χ0n) is 41.8. The summed E-state index contributed by atoms with van der Waals surface area (Å²) in [5.74, 6) is 10.6. The van der Waals surface area contributed by atoms with Crippen molar-refractivity contribution < 1.29 is 60.0 Å². The molecule has 400 valence electrons. The Morgan fingerprint density at radius 3 is 0.892 bits per heavy atom. The fourth-order valence-electron chi connectivity index (χ4n) is 29.7. The maximum atomic E-state index is 15.6. The van der Waals surface area contributed by atoms with E-state index in [0.717, 1.165) is 25.7 Å². The highest BCUT2D eigenvalue weighted by Gasteiger charge is 2.96. The third kappa shape index (κ3) is 4.36. The van der Waals surface area contributed by atoms with Crippen molar-refractivity contribution in [3.05, 3.63) is 12.2 Å². The van der Waals surface area contributed by atoms with Crippen molar-refractivity contribution >= 4 is 23.6 Å². The molecule has 0 aromatic heterocycles. The van der Waals surface area contributed by atoms with E-state index in [1.54, 1.807) is 0 Å². The van der Waals surface area contributed by atoms with Gasteiger partial charge in [0.2, 0.25) is 23.6 Å². The van der Waals surface area contributed by atoms with E-state index in [2.05, 4.69) is 33.4 Å². The average molecular weight is 1020 g/mol. The topological polar surface area (TPSA) is 278 Å². The van der Waals surface area contributed by atoms with Crippen molar-refractivity contribution in [1.29, 1.82) is 0 Å². The van der Waals surface area contributed by atoms with Gasteiger partial charge in [-0.2, -0.15) is 0 Å². The van der Waals surface area contributed by atoms with E-state index in [1.165, 1.54) is 0 Å². The largest absolute Gasteiger partial charge is 0.394 e. The molecule has 16 nitrogen and oxygen atoms in total. The number of hydrogen-bond acceptors (Lipinski definition) is 12. The molecule has 4 amide bonds. The lowest BCUT2D eigenvalue weighted by molar-refractivity contribution is -0.148. The van der Waals surface area contributed by atoms with E-state index in [-0.39, 0.29) is 53.3 Å². The number of carbonyl (C=O) groups excluding carboxylic acids is 4. The molecule has 18 rings (SSSR count). The Balaban J connectivity index is 0.866. The number of aliphatic hydroxyl groups is 8. The quantitative estimate of drug-likeness (QED) is 0.0601. The molecule has 0 bridgehead atoms. The first kappa shape index (κ1) is 45.2. The van der Waals surface area contributed by atoms with Crippen molar-refractivity contribution in [2.75, 3.05) is 52.9 Å². The van der Waals surface area contributed by atoms with Gasteiger partial charge in [0.25, 0.3) is 0 Å². The first-order chi connectivity index (χ1) is 36.1. The highest BCUT2D eigenvalue weighted by molar-refractivity contribution is 6.10. The highest BCUT2D eigenvalue weighted by atomic mass is 16.3. The molecule has 0 radical (unpaired) electrons. The van der Waals surface area contributed by atoms with Gasteiger partial charge in [0.1, 0.15) is 10.8 Å². The number of aliphatic hydroxyl groups excluding tert-OH is 8. The molecule has 16 heteroatoms. The third-order valence-corrected chi connectivity index (χ3v) is 29.3. The molecule has 18 aliphatic rings. The maximum Gasteiger partial charge on any atom is 0.236 e. The molecule has 0 spiro atoms. The van der Waals surface area contributed by atoms with Crippen LogP contribution in [0.4, 0.5) is 0 Å². The molecule has 18 aliphatic carbocycles. The van der Waals surface area contributed by atoms with Crippen LogP contribution in [0, 0.1) is 212 Å². The van der Waals surface area contributed by atoms with Gasteiger partial charge >= 0.3 is 0 Å². The second-order valence-corrected chi connectivity index (χ2v) is 29.2. The lowest BCUT2D eigenvalue weighted by Crippen LogP contribution is -2.58. The van der Waals surface area contributed by atoms with Crippen molar-refractivity contribution in [1.82, 2.24) is 21.3 Å². The van der Waals surface area contributed by atoms with Gasteiger partial charge < -0.3 is 62.1 Å². The molecule has 0 aromatic carbocycles. The Hall–Kier alpha value is -2.70. The molecular formula is C58H76N4O12. The van der Waals surface area contributed by atoms with Crippen molar-refractivity contribution in [3.63, 3.8) is 0 Å². The number of rotatable bonds is 16. The van der Waals surface area contributed by atoms with Crippen LogP contribution in [0.15, 0.2) is 12.2 Å². The van der Waals surface area contributed by atoms with Gasteiger partial charge in [-0.05, 0) is 227 Å². The predicted molar refractivity (Wildman–Crippen MR) is 256 cm³/mol. The molecule has 0 aliphatic heterocycles. The van der Waals surface area contributed by atoms with Gasteiger partial charge in [0.05, 0.1) is 77.0 Å². The SMILES string of the molecule is O=C(NC(CO)CO)C1(C(=O)NC(CO)CO)C2C3C4C=CC5C6CCC7C8C6C6C5C4C4C5C6C6C8C8C9C%10C%11C(CCC%12C%11C(C5C%106)C(C43)C%12C21)C9C1C(C78)C1(C(=O)NC(CO)CO)C(=O)NC(CO)CO. The number of hydrogen-bond donors (Lipinski definition) is 12. The zero-order valence-corrected chi connectivity index (χ0v) is 41.8. The summed E-state index contributed by atoms with van der Waals surface area (Å²) >= 11 is 0. The summed E-state index contributed by atoms with van der Waals surface area (Å²) in [6.45, 7) is -3.74. The Labute approximate surface area is 430 Å². The van der Waals surface area contributed by atoms with Crippen molar-refractivity contribution in [2.45, 2.75) is 49.9 Å². The Morgan fingerprint density at radius 1 is 0.311 bits per heavy atom. The Morgan fingerprint density at radius 2 is 0.541 bits per heavy atom. The van der Waals surface area contributed by atoms with Gasteiger partial charge in [-0.25, -0.2) is 0 Å². The van der Waals surface area contributed by atoms with Gasteiger partial charge in [0.15, 0.2) is 0 Å². The smallest absolute Gasteiger partial charge is 0.236 e. The second-order valence-electron chi connectivity index (χ2n) is 29.2. The third-order valence-electron chi connectivity index (χ3n) is 29.3. The van der Waals surface area contributed by atoms with Crippen LogP contribution in [-0.2, 0) is 19.2 Å².